The Morgan fingerprint density at radius 1 is 1.47 bits per heavy atom. The Labute approximate surface area is 115 Å². The summed E-state index contributed by atoms with van der Waals surface area (Å²) in [5, 5.41) is 0. The Kier molecular flexibility index (Phi) is 4.59. The van der Waals surface area contributed by atoms with E-state index in [2.05, 4.69) is 32.0 Å². The highest BCUT2D eigenvalue weighted by atomic mass is 16.2. The fourth-order valence-corrected chi connectivity index (χ4v) is 2.43. The van der Waals surface area contributed by atoms with Gasteiger partial charge in [0.25, 0.3) is 0 Å². The second kappa shape index (κ2) is 6.20. The molecule has 2 rings (SSSR count). The summed E-state index contributed by atoms with van der Waals surface area (Å²) in [6.45, 7) is 4.84. The molecular formula is C16H24N2O. The van der Waals surface area contributed by atoms with Crippen molar-refractivity contribution in [2.24, 2.45) is 5.73 Å². The fourth-order valence-electron chi connectivity index (χ4n) is 2.43. The van der Waals surface area contributed by atoms with E-state index in [1.807, 2.05) is 11.0 Å². The lowest BCUT2D eigenvalue weighted by Crippen LogP contribution is -2.44. The van der Waals surface area contributed by atoms with Gasteiger partial charge in [-0.2, -0.15) is 0 Å². The highest BCUT2D eigenvalue weighted by molar-refractivity contribution is 5.82. The summed E-state index contributed by atoms with van der Waals surface area (Å²) >= 11 is 0. The second-order valence-corrected chi connectivity index (χ2v) is 5.58. The van der Waals surface area contributed by atoms with Gasteiger partial charge in [0, 0.05) is 12.6 Å². The molecule has 1 saturated carbocycles. The van der Waals surface area contributed by atoms with Gasteiger partial charge in [-0.1, -0.05) is 43.2 Å². The summed E-state index contributed by atoms with van der Waals surface area (Å²) in [5.41, 5.74) is 8.42. The third-order valence-electron chi connectivity index (χ3n) is 3.62. The minimum atomic E-state index is -0.338. The number of nitrogens with zero attached hydrogens (tertiary/aromatic N) is 1. The number of hydrogen-bond acceptors (Lipinski definition) is 2. The van der Waals surface area contributed by atoms with E-state index in [-0.39, 0.29) is 11.9 Å². The molecule has 0 heterocycles. The summed E-state index contributed by atoms with van der Waals surface area (Å²) in [6.07, 6.45) is 3.97. The minimum Gasteiger partial charge on any atom is -0.334 e. The van der Waals surface area contributed by atoms with Gasteiger partial charge < -0.3 is 10.6 Å². The zero-order chi connectivity index (χ0) is 13.8. The van der Waals surface area contributed by atoms with E-state index in [0.717, 1.165) is 25.7 Å². The van der Waals surface area contributed by atoms with E-state index in [4.69, 9.17) is 5.73 Å². The minimum absolute atomic E-state index is 0.117. The van der Waals surface area contributed by atoms with E-state index in [9.17, 15) is 4.79 Å². The SMILES string of the molecule is CCCC(N)C(=O)N(Cc1cccc(C)c1)C1CC1. The van der Waals surface area contributed by atoms with Gasteiger partial charge in [-0.25, -0.2) is 0 Å². The molecule has 0 spiro atoms. The molecule has 1 aliphatic carbocycles. The number of aryl methyl sites for hydroxylation is 1. The Morgan fingerprint density at radius 2 is 2.21 bits per heavy atom. The van der Waals surface area contributed by atoms with Crippen molar-refractivity contribution in [3.05, 3.63) is 35.4 Å². The van der Waals surface area contributed by atoms with Crippen LogP contribution in [0.15, 0.2) is 24.3 Å². The van der Waals surface area contributed by atoms with Crippen LogP contribution < -0.4 is 5.73 Å². The predicted octanol–water partition coefficient (Wildman–Crippen LogP) is 2.61. The molecule has 19 heavy (non-hydrogen) atoms. The fraction of sp³-hybridized carbons (Fsp3) is 0.562. The Hall–Kier alpha value is -1.35. The van der Waals surface area contributed by atoms with Crippen molar-refractivity contribution in [2.75, 3.05) is 0 Å². The molecule has 0 saturated heterocycles. The number of amides is 1. The predicted molar refractivity (Wildman–Crippen MR) is 77.6 cm³/mol. The van der Waals surface area contributed by atoms with Crippen molar-refractivity contribution in [1.82, 2.24) is 4.90 Å². The third-order valence-corrected chi connectivity index (χ3v) is 3.62. The number of carbonyl (C=O) groups excluding carboxylic acids is 1. The van der Waals surface area contributed by atoms with Gasteiger partial charge in [-0.3, -0.25) is 4.79 Å². The Balaban J connectivity index is 2.06. The molecule has 0 bridgehead atoms. The number of nitrogens with two attached hydrogens (primary N) is 1. The average Bonchev–Trinajstić information content (AvgIpc) is 3.20. The van der Waals surface area contributed by atoms with Crippen LogP contribution in [0.3, 0.4) is 0 Å². The Bertz CT molecular complexity index is 440. The summed E-state index contributed by atoms with van der Waals surface area (Å²) in [7, 11) is 0. The lowest BCUT2D eigenvalue weighted by atomic mass is 10.1. The first-order valence-electron chi connectivity index (χ1n) is 7.23. The smallest absolute Gasteiger partial charge is 0.240 e. The van der Waals surface area contributed by atoms with Crippen LogP contribution in [-0.2, 0) is 11.3 Å². The number of carbonyl (C=O) groups is 1. The third kappa shape index (κ3) is 3.80. The quantitative estimate of drug-likeness (QED) is 0.854. The lowest BCUT2D eigenvalue weighted by molar-refractivity contribution is -0.134. The molecule has 1 fully saturated rings. The van der Waals surface area contributed by atoms with Gasteiger partial charge >= 0.3 is 0 Å². The van der Waals surface area contributed by atoms with Crippen LogP contribution in [0.25, 0.3) is 0 Å². The zero-order valence-corrected chi connectivity index (χ0v) is 11.9. The molecule has 0 aliphatic heterocycles. The standard InChI is InChI=1S/C16H24N2O/c1-3-5-15(17)16(19)18(14-8-9-14)11-13-7-4-6-12(2)10-13/h4,6-7,10,14-15H,3,5,8-9,11,17H2,1-2H3. The van der Waals surface area contributed by atoms with E-state index in [1.54, 1.807) is 0 Å². The van der Waals surface area contributed by atoms with Crippen LogP contribution in [0.5, 0.6) is 0 Å². The molecule has 3 heteroatoms. The highest BCUT2D eigenvalue weighted by Crippen LogP contribution is 2.29. The molecule has 1 aromatic carbocycles. The maximum absolute atomic E-state index is 12.4. The van der Waals surface area contributed by atoms with Crippen molar-refractivity contribution in [2.45, 2.75) is 58.2 Å². The van der Waals surface area contributed by atoms with Gasteiger partial charge in [-0.15, -0.1) is 0 Å². The summed E-state index contributed by atoms with van der Waals surface area (Å²) < 4.78 is 0. The van der Waals surface area contributed by atoms with E-state index in [1.165, 1.54) is 11.1 Å². The Morgan fingerprint density at radius 3 is 2.79 bits per heavy atom. The van der Waals surface area contributed by atoms with Crippen molar-refractivity contribution >= 4 is 5.91 Å². The first-order valence-corrected chi connectivity index (χ1v) is 7.23. The maximum atomic E-state index is 12.4. The molecule has 1 atom stereocenters. The molecule has 2 N–H and O–H groups in total. The maximum Gasteiger partial charge on any atom is 0.240 e. The van der Waals surface area contributed by atoms with Crippen molar-refractivity contribution < 1.29 is 4.79 Å². The van der Waals surface area contributed by atoms with Gasteiger partial charge in [0.15, 0.2) is 0 Å². The van der Waals surface area contributed by atoms with Crippen LogP contribution in [-0.4, -0.2) is 22.9 Å². The van der Waals surface area contributed by atoms with E-state index >= 15 is 0 Å². The molecule has 1 aliphatic rings. The molecule has 3 nitrogen and oxygen atoms in total. The first kappa shape index (κ1) is 14.1. The summed E-state index contributed by atoms with van der Waals surface area (Å²) in [5.74, 6) is 0.117. The van der Waals surface area contributed by atoms with Gasteiger partial charge in [0.2, 0.25) is 5.91 Å². The van der Waals surface area contributed by atoms with Crippen molar-refractivity contribution in [3.8, 4) is 0 Å². The van der Waals surface area contributed by atoms with E-state index in [0.29, 0.717) is 12.6 Å². The molecular weight excluding hydrogens is 236 g/mol. The first-order chi connectivity index (χ1) is 9.11. The second-order valence-electron chi connectivity index (χ2n) is 5.58. The van der Waals surface area contributed by atoms with E-state index < -0.39 is 0 Å². The number of rotatable bonds is 6. The number of hydrogen-bond donors (Lipinski definition) is 1. The van der Waals surface area contributed by atoms with Crippen LogP contribution in [0.1, 0.15) is 43.7 Å². The zero-order valence-electron chi connectivity index (χ0n) is 11.9. The van der Waals surface area contributed by atoms with Gasteiger partial charge in [0.1, 0.15) is 0 Å². The summed E-state index contributed by atoms with van der Waals surface area (Å²) in [4.78, 5) is 14.4. The molecule has 104 valence electrons. The molecule has 1 aromatic rings. The van der Waals surface area contributed by atoms with Crippen LogP contribution in [0.2, 0.25) is 0 Å². The van der Waals surface area contributed by atoms with Gasteiger partial charge in [-0.05, 0) is 31.7 Å². The van der Waals surface area contributed by atoms with Crippen molar-refractivity contribution in [3.63, 3.8) is 0 Å². The van der Waals surface area contributed by atoms with Gasteiger partial charge in [0.05, 0.1) is 6.04 Å². The monoisotopic (exact) mass is 260 g/mol. The normalized spacial score (nSPS) is 16.2. The van der Waals surface area contributed by atoms with Crippen molar-refractivity contribution in [1.29, 1.82) is 0 Å². The molecule has 0 aromatic heterocycles. The molecule has 1 unspecified atom stereocenters. The molecule has 1 amide bonds. The largest absolute Gasteiger partial charge is 0.334 e. The van der Waals surface area contributed by atoms with Crippen LogP contribution >= 0.6 is 0 Å². The topological polar surface area (TPSA) is 46.3 Å². The van der Waals surface area contributed by atoms with Crippen LogP contribution in [0.4, 0.5) is 0 Å². The lowest BCUT2D eigenvalue weighted by Gasteiger charge is -2.26. The summed E-state index contributed by atoms with van der Waals surface area (Å²) in [6, 6.07) is 8.43. The van der Waals surface area contributed by atoms with Crippen LogP contribution in [0, 0.1) is 6.92 Å². The average molecular weight is 260 g/mol. The highest BCUT2D eigenvalue weighted by Gasteiger charge is 2.34. The molecule has 0 radical (unpaired) electrons. The number of benzene rings is 1.